The Labute approximate surface area is 264 Å². The van der Waals surface area contributed by atoms with Crippen LogP contribution in [0.2, 0.25) is 0 Å². The van der Waals surface area contributed by atoms with Crippen LogP contribution in [-0.2, 0) is 16.0 Å². The van der Waals surface area contributed by atoms with E-state index in [0.29, 0.717) is 35.0 Å². The van der Waals surface area contributed by atoms with Crippen molar-refractivity contribution in [3.05, 3.63) is 65.2 Å². The second-order valence-electron chi connectivity index (χ2n) is 11.4. The molecule has 46 heavy (non-hydrogen) atoms. The highest BCUT2D eigenvalue weighted by Crippen LogP contribution is 2.59. The Morgan fingerprint density at radius 2 is 1.80 bits per heavy atom. The lowest BCUT2D eigenvalue weighted by molar-refractivity contribution is -0.305. The van der Waals surface area contributed by atoms with E-state index in [1.807, 2.05) is 36.4 Å². The first-order valence-corrected chi connectivity index (χ1v) is 14.9. The number of likely N-dealkylation sites (N-methyl/N-ethyl adjacent to an activating group) is 1. The summed E-state index contributed by atoms with van der Waals surface area (Å²) in [5, 5.41) is 54.5. The van der Waals surface area contributed by atoms with E-state index < -0.39 is 42.3 Å². The average molecular weight is 640 g/mol. The molecule has 0 bridgehead atoms. The van der Waals surface area contributed by atoms with Gasteiger partial charge in [0.05, 0.1) is 26.7 Å². The maximum absolute atomic E-state index is 12.3. The molecule has 13 heteroatoms. The van der Waals surface area contributed by atoms with E-state index in [0.717, 1.165) is 22.3 Å². The number of aliphatic hydroxyl groups is 4. The van der Waals surface area contributed by atoms with E-state index in [9.17, 15) is 30.3 Å². The van der Waals surface area contributed by atoms with Crippen LogP contribution >= 0.6 is 0 Å². The van der Waals surface area contributed by atoms with Gasteiger partial charge in [-0.05, 0) is 42.3 Å². The van der Waals surface area contributed by atoms with Crippen molar-refractivity contribution in [3.63, 3.8) is 0 Å². The molecule has 0 radical (unpaired) electrons. The summed E-state index contributed by atoms with van der Waals surface area (Å²) in [4.78, 5) is 12.3. The largest absolute Gasteiger partial charge is 0.493 e. The molecule has 0 aromatic heterocycles. The normalized spacial score (nSPS) is 27.8. The fraction of sp³-hybridized carbons (Fsp3) is 0.424. The van der Waals surface area contributed by atoms with Crippen LogP contribution in [0.3, 0.4) is 0 Å². The van der Waals surface area contributed by atoms with Crippen molar-refractivity contribution in [1.29, 1.82) is 0 Å². The highest BCUT2D eigenvalue weighted by atomic mass is 16.7. The smallest absolute Gasteiger partial charge is 0.340 e. The molecule has 3 aromatic carbocycles. The maximum Gasteiger partial charge on any atom is 0.340 e. The number of carbonyl (C=O) groups is 1. The molecule has 246 valence electrons. The number of aliphatic hydroxyl groups excluding tert-OH is 4. The lowest BCUT2D eigenvalue weighted by Gasteiger charge is -2.45. The van der Waals surface area contributed by atoms with Gasteiger partial charge < -0.3 is 59.3 Å². The van der Waals surface area contributed by atoms with Crippen molar-refractivity contribution in [2.24, 2.45) is 0 Å². The van der Waals surface area contributed by atoms with Crippen molar-refractivity contribution < 1.29 is 58.7 Å². The highest BCUT2D eigenvalue weighted by molar-refractivity contribution is 5.79. The molecule has 0 amide bonds. The summed E-state index contributed by atoms with van der Waals surface area (Å²) in [5.74, 6) is 0.209. The van der Waals surface area contributed by atoms with Gasteiger partial charge in [-0.3, -0.25) is 0 Å². The topological polar surface area (TPSA) is 186 Å². The lowest BCUT2D eigenvalue weighted by atomic mass is 9.83. The zero-order chi connectivity index (χ0) is 32.7. The number of hydrogen-bond donors (Lipinski definition) is 6. The predicted molar refractivity (Wildman–Crippen MR) is 162 cm³/mol. The van der Waals surface area contributed by atoms with E-state index in [2.05, 4.69) is 5.32 Å². The summed E-state index contributed by atoms with van der Waals surface area (Å²) in [6, 6.07) is 14.6. The molecule has 3 aliphatic heterocycles. The molecular formula is C33H37NO12. The fourth-order valence-corrected chi connectivity index (χ4v) is 6.65. The molecule has 7 unspecified atom stereocenters. The molecule has 0 spiro atoms. The molecule has 7 atom stereocenters. The number of aliphatic carboxylic acids is 1. The van der Waals surface area contributed by atoms with Gasteiger partial charge in [-0.25, -0.2) is 4.79 Å². The van der Waals surface area contributed by atoms with Gasteiger partial charge in [-0.15, -0.1) is 0 Å². The minimum absolute atomic E-state index is 0.0784. The summed E-state index contributed by atoms with van der Waals surface area (Å²) in [6.07, 6.45) is -7.41. The Hall–Kier alpha value is -4.11. The summed E-state index contributed by atoms with van der Waals surface area (Å²) in [6.45, 7) is -0.234. The first-order valence-electron chi connectivity index (χ1n) is 14.9. The molecule has 0 saturated carbocycles. The molecule has 3 aliphatic rings. The van der Waals surface area contributed by atoms with E-state index in [-0.39, 0.29) is 31.4 Å². The maximum atomic E-state index is 12.3. The average Bonchev–Trinajstić information content (AvgIpc) is 3.45. The summed E-state index contributed by atoms with van der Waals surface area (Å²) in [5.41, 5.74) is 1.61. The third-order valence-corrected chi connectivity index (χ3v) is 8.83. The first kappa shape index (κ1) is 31.9. The van der Waals surface area contributed by atoms with Gasteiger partial charge in [0.15, 0.2) is 11.5 Å². The molecule has 0 aliphatic carbocycles. The molecule has 1 saturated heterocycles. The summed E-state index contributed by atoms with van der Waals surface area (Å²) >= 11 is 0. The molecule has 13 nitrogen and oxygen atoms in total. The van der Waals surface area contributed by atoms with Crippen molar-refractivity contribution in [2.45, 2.75) is 48.6 Å². The van der Waals surface area contributed by atoms with Crippen LogP contribution in [0.5, 0.6) is 28.7 Å². The predicted octanol–water partition coefficient (Wildman–Crippen LogP) is 1.38. The number of nitrogens with one attached hydrogen (secondary N) is 1. The van der Waals surface area contributed by atoms with Crippen LogP contribution < -0.4 is 29.0 Å². The third kappa shape index (κ3) is 5.09. The SMILES string of the molecule is CNCC1(C(=O)O)OC(Oc2cc3c(c(-c4ccccc4)c2)C2Oc4c(OC)c(OC)cc(CCO)c4C2CO3)C(O)C(O)C1O. The van der Waals surface area contributed by atoms with Gasteiger partial charge in [0.1, 0.15) is 35.9 Å². The van der Waals surface area contributed by atoms with Crippen molar-refractivity contribution >= 4 is 5.97 Å². The standard InChI is InChI=1S/C33H37NO12/c1-34-15-33(32(39)40)30(38)25(36)26(37)31(46-33)44-18-12-19(16-7-5-4-6-8-16)24-21(13-18)43-14-20-23-17(9-10-35)11-22(41-2)28(42-3)29(23)45-27(20)24/h4-8,11-13,20,25-27,30-31,34-38H,9-10,14-15H2,1-3H3,(H,39,40). The van der Waals surface area contributed by atoms with Gasteiger partial charge in [0.2, 0.25) is 17.6 Å². The second kappa shape index (κ2) is 12.6. The number of carboxylic acids is 1. The van der Waals surface area contributed by atoms with Crippen LogP contribution in [0.4, 0.5) is 0 Å². The van der Waals surface area contributed by atoms with Crippen molar-refractivity contribution in [1.82, 2.24) is 5.32 Å². The molecule has 1 fully saturated rings. The van der Waals surface area contributed by atoms with Crippen molar-refractivity contribution in [3.8, 4) is 39.9 Å². The Morgan fingerprint density at radius 3 is 2.46 bits per heavy atom. The Kier molecular flexibility index (Phi) is 8.72. The molecule has 3 heterocycles. The lowest BCUT2D eigenvalue weighted by Crippen LogP contribution is -2.71. The molecule has 6 rings (SSSR count). The number of hydrogen-bond acceptors (Lipinski definition) is 12. The number of fused-ring (bicyclic) bond motifs is 5. The Balaban J connectivity index is 1.44. The summed E-state index contributed by atoms with van der Waals surface area (Å²) in [7, 11) is 4.54. The van der Waals surface area contributed by atoms with E-state index >= 15 is 0 Å². The number of ether oxygens (including phenoxy) is 6. The number of benzene rings is 3. The number of carboxylic acid groups (broad SMARTS) is 1. The second-order valence-corrected chi connectivity index (χ2v) is 11.4. The van der Waals surface area contributed by atoms with Gasteiger partial charge in [-0.1, -0.05) is 30.3 Å². The summed E-state index contributed by atoms with van der Waals surface area (Å²) < 4.78 is 36.0. The van der Waals surface area contributed by atoms with Crippen LogP contribution in [0.15, 0.2) is 48.5 Å². The molecule has 3 aromatic rings. The van der Waals surface area contributed by atoms with Crippen LogP contribution in [0, 0.1) is 0 Å². The van der Waals surface area contributed by atoms with E-state index in [1.54, 1.807) is 12.1 Å². The third-order valence-electron chi connectivity index (χ3n) is 8.83. The van der Waals surface area contributed by atoms with Crippen LogP contribution in [0.1, 0.15) is 28.7 Å². The fourth-order valence-electron chi connectivity index (χ4n) is 6.65. The minimum Gasteiger partial charge on any atom is -0.493 e. The van der Waals surface area contributed by atoms with Crippen LogP contribution in [-0.4, -0.2) is 103 Å². The van der Waals surface area contributed by atoms with Crippen molar-refractivity contribution in [2.75, 3.05) is 41.0 Å². The van der Waals surface area contributed by atoms with Gasteiger partial charge in [0.25, 0.3) is 0 Å². The first-order chi connectivity index (χ1) is 22.2. The van der Waals surface area contributed by atoms with Gasteiger partial charge >= 0.3 is 5.97 Å². The number of rotatable bonds is 10. The molecular weight excluding hydrogens is 602 g/mol. The Morgan fingerprint density at radius 1 is 1.04 bits per heavy atom. The zero-order valence-electron chi connectivity index (χ0n) is 25.5. The quantitative estimate of drug-likeness (QED) is 0.187. The minimum atomic E-state index is -2.30. The highest BCUT2D eigenvalue weighted by Gasteiger charge is 2.59. The number of methoxy groups -OCH3 is 2. The Bertz CT molecular complexity index is 1600. The van der Waals surface area contributed by atoms with Gasteiger partial charge in [-0.2, -0.15) is 0 Å². The zero-order valence-corrected chi connectivity index (χ0v) is 25.5. The van der Waals surface area contributed by atoms with Gasteiger partial charge in [0, 0.05) is 30.3 Å². The monoisotopic (exact) mass is 639 g/mol. The molecule has 6 N–H and O–H groups in total. The van der Waals surface area contributed by atoms with E-state index in [4.69, 9.17) is 28.4 Å². The van der Waals surface area contributed by atoms with Crippen LogP contribution in [0.25, 0.3) is 11.1 Å². The van der Waals surface area contributed by atoms with E-state index in [1.165, 1.54) is 21.3 Å².